The van der Waals surface area contributed by atoms with Crippen LogP contribution in [0.1, 0.15) is 38.1 Å². The molecule has 1 aromatic rings. The normalized spacial score (nSPS) is 16.0. The fourth-order valence-electron chi connectivity index (χ4n) is 2.41. The van der Waals surface area contributed by atoms with Gasteiger partial charge < -0.3 is 10.1 Å². The third-order valence-electron chi connectivity index (χ3n) is 3.60. The van der Waals surface area contributed by atoms with Gasteiger partial charge >= 0.3 is 12.0 Å². The third kappa shape index (κ3) is 5.27. The lowest BCUT2D eigenvalue weighted by atomic mass is 10.1. The van der Waals surface area contributed by atoms with Crippen molar-refractivity contribution in [3.63, 3.8) is 0 Å². The number of rotatable bonds is 5. The predicted molar refractivity (Wildman–Crippen MR) is 96.5 cm³/mol. The van der Waals surface area contributed by atoms with Crippen LogP contribution >= 0.6 is 0 Å². The van der Waals surface area contributed by atoms with Gasteiger partial charge in [0.1, 0.15) is 0 Å². The summed E-state index contributed by atoms with van der Waals surface area (Å²) in [5, 5.41) is 2.49. The van der Waals surface area contributed by atoms with Crippen molar-refractivity contribution < 1.29 is 27.5 Å². The molecule has 2 rings (SSSR count). The molecule has 1 aliphatic heterocycles. The van der Waals surface area contributed by atoms with E-state index in [0.717, 1.165) is 4.90 Å². The number of amides is 3. The summed E-state index contributed by atoms with van der Waals surface area (Å²) in [6.45, 7) is 7.09. The highest BCUT2D eigenvalue weighted by molar-refractivity contribution is 7.89. The van der Waals surface area contributed by atoms with Crippen molar-refractivity contribution in [3.8, 4) is 0 Å². The Labute approximate surface area is 158 Å². The second-order valence-electron chi connectivity index (χ2n) is 7.15. The molecule has 0 spiro atoms. The molecule has 1 fully saturated rings. The van der Waals surface area contributed by atoms with Gasteiger partial charge in [0.05, 0.1) is 10.5 Å². The van der Waals surface area contributed by atoms with Gasteiger partial charge in [-0.15, -0.1) is 0 Å². The summed E-state index contributed by atoms with van der Waals surface area (Å²) in [5.74, 6) is -1.41. The van der Waals surface area contributed by atoms with E-state index in [2.05, 4.69) is 10.0 Å². The number of hydrogen-bond acceptors (Lipinski definition) is 6. The molecule has 2 N–H and O–H groups in total. The molecule has 10 heteroatoms. The van der Waals surface area contributed by atoms with Gasteiger partial charge in [-0.25, -0.2) is 22.7 Å². The van der Waals surface area contributed by atoms with E-state index >= 15 is 0 Å². The molecule has 27 heavy (non-hydrogen) atoms. The summed E-state index contributed by atoms with van der Waals surface area (Å²) in [5.41, 5.74) is -0.552. The smallest absolute Gasteiger partial charge is 0.338 e. The number of carbonyl (C=O) groups excluding carboxylic acids is 3. The quantitative estimate of drug-likeness (QED) is 0.711. The summed E-state index contributed by atoms with van der Waals surface area (Å²) in [6, 6.07) is 4.65. The van der Waals surface area contributed by atoms with E-state index in [1.807, 2.05) is 0 Å². The van der Waals surface area contributed by atoms with Crippen molar-refractivity contribution in [2.45, 2.75) is 44.2 Å². The maximum atomic E-state index is 12.3. The maximum Gasteiger partial charge on any atom is 0.338 e. The molecule has 148 valence electrons. The second-order valence-corrected chi connectivity index (χ2v) is 8.83. The van der Waals surface area contributed by atoms with Crippen LogP contribution in [0.15, 0.2) is 29.2 Å². The number of urea groups is 1. The van der Waals surface area contributed by atoms with Crippen molar-refractivity contribution >= 4 is 27.9 Å². The zero-order valence-electron chi connectivity index (χ0n) is 15.6. The van der Waals surface area contributed by atoms with E-state index in [1.54, 1.807) is 20.8 Å². The molecule has 1 unspecified atom stereocenters. The average molecular weight is 397 g/mol. The van der Waals surface area contributed by atoms with Crippen LogP contribution in [-0.4, -0.2) is 56.0 Å². The van der Waals surface area contributed by atoms with Crippen LogP contribution in [0.3, 0.4) is 0 Å². The zero-order chi connectivity index (χ0) is 20.4. The Hall–Kier alpha value is -2.46. The van der Waals surface area contributed by atoms with Gasteiger partial charge in [-0.3, -0.25) is 9.69 Å². The first-order valence-electron chi connectivity index (χ1n) is 8.35. The maximum absolute atomic E-state index is 12.3. The Bertz CT molecular complexity index is 842. The van der Waals surface area contributed by atoms with Gasteiger partial charge in [-0.05, 0) is 52.0 Å². The molecule has 1 atom stereocenters. The Morgan fingerprint density at radius 2 is 1.81 bits per heavy atom. The summed E-state index contributed by atoms with van der Waals surface area (Å²) in [7, 11) is -3.72. The standard InChI is InChI=1S/C17H23N3O6S/c1-11(14(21)20-10-9-18-16(20)23)26-15(22)12-5-7-13(8-6-12)27(24,25)19-17(2,3)4/h5-8,11,19H,9-10H2,1-4H3,(H,18,23). The largest absolute Gasteiger partial charge is 0.449 e. The molecular formula is C17H23N3O6S. The van der Waals surface area contributed by atoms with E-state index in [9.17, 15) is 22.8 Å². The molecule has 1 aliphatic rings. The molecule has 1 saturated heterocycles. The molecule has 0 saturated carbocycles. The molecular weight excluding hydrogens is 374 g/mol. The minimum absolute atomic E-state index is 0.00633. The van der Waals surface area contributed by atoms with Crippen LogP contribution in [-0.2, 0) is 19.6 Å². The minimum Gasteiger partial charge on any atom is -0.449 e. The van der Waals surface area contributed by atoms with Crippen LogP contribution in [0, 0.1) is 0 Å². The Kier molecular flexibility index (Phi) is 5.91. The number of nitrogens with zero attached hydrogens (tertiary/aromatic N) is 1. The first-order valence-corrected chi connectivity index (χ1v) is 9.83. The molecule has 1 aromatic carbocycles. The number of carbonyl (C=O) groups is 3. The first-order chi connectivity index (χ1) is 12.4. The monoisotopic (exact) mass is 397 g/mol. The highest BCUT2D eigenvalue weighted by atomic mass is 32.2. The second kappa shape index (κ2) is 7.65. The van der Waals surface area contributed by atoms with E-state index in [1.165, 1.54) is 31.2 Å². The lowest BCUT2D eigenvalue weighted by Crippen LogP contribution is -2.41. The molecule has 0 aliphatic carbocycles. The van der Waals surface area contributed by atoms with Crippen molar-refractivity contribution in [2.75, 3.05) is 13.1 Å². The molecule has 0 aromatic heterocycles. The SMILES string of the molecule is CC(OC(=O)c1ccc(S(=O)(=O)NC(C)(C)C)cc1)C(=O)N1CCNC1=O. The van der Waals surface area contributed by atoms with Gasteiger partial charge in [0.25, 0.3) is 5.91 Å². The fourth-order valence-corrected chi connectivity index (χ4v) is 3.83. The number of hydrogen-bond donors (Lipinski definition) is 2. The molecule has 0 bridgehead atoms. The molecule has 9 nitrogen and oxygen atoms in total. The summed E-state index contributed by atoms with van der Waals surface area (Å²) in [4.78, 5) is 36.8. The van der Waals surface area contributed by atoms with E-state index in [-0.39, 0.29) is 17.0 Å². The number of ether oxygens (including phenoxy) is 1. The van der Waals surface area contributed by atoms with Gasteiger partial charge in [0.2, 0.25) is 10.0 Å². The van der Waals surface area contributed by atoms with Crippen LogP contribution < -0.4 is 10.0 Å². The number of sulfonamides is 1. The van der Waals surface area contributed by atoms with Crippen LogP contribution in [0.4, 0.5) is 4.79 Å². The predicted octanol–water partition coefficient (Wildman–Crippen LogP) is 0.861. The summed E-state index contributed by atoms with van der Waals surface area (Å²) in [6.07, 6.45) is -1.15. The average Bonchev–Trinajstić information content (AvgIpc) is 2.98. The lowest BCUT2D eigenvalue weighted by Gasteiger charge is -2.20. The van der Waals surface area contributed by atoms with E-state index < -0.39 is 39.6 Å². The molecule has 0 radical (unpaired) electrons. The van der Waals surface area contributed by atoms with Crippen molar-refractivity contribution in [3.05, 3.63) is 29.8 Å². The van der Waals surface area contributed by atoms with Gasteiger partial charge in [-0.1, -0.05) is 0 Å². The Balaban J connectivity index is 2.05. The highest BCUT2D eigenvalue weighted by Crippen LogP contribution is 2.15. The van der Waals surface area contributed by atoms with Gasteiger partial charge in [0, 0.05) is 18.6 Å². The summed E-state index contributed by atoms with van der Waals surface area (Å²) >= 11 is 0. The minimum atomic E-state index is -3.72. The number of imide groups is 1. The van der Waals surface area contributed by atoms with Crippen LogP contribution in [0.5, 0.6) is 0 Å². The highest BCUT2D eigenvalue weighted by Gasteiger charge is 2.32. The van der Waals surface area contributed by atoms with Crippen molar-refractivity contribution in [1.82, 2.24) is 14.9 Å². The van der Waals surface area contributed by atoms with Gasteiger partial charge in [-0.2, -0.15) is 0 Å². The number of benzene rings is 1. The van der Waals surface area contributed by atoms with Crippen LogP contribution in [0.2, 0.25) is 0 Å². The van der Waals surface area contributed by atoms with Gasteiger partial charge in [0.15, 0.2) is 6.10 Å². The zero-order valence-corrected chi connectivity index (χ0v) is 16.4. The van der Waals surface area contributed by atoms with Crippen molar-refractivity contribution in [1.29, 1.82) is 0 Å². The van der Waals surface area contributed by atoms with E-state index in [4.69, 9.17) is 4.74 Å². The van der Waals surface area contributed by atoms with Crippen LogP contribution in [0.25, 0.3) is 0 Å². The third-order valence-corrected chi connectivity index (χ3v) is 5.37. The van der Waals surface area contributed by atoms with Crippen molar-refractivity contribution in [2.24, 2.45) is 0 Å². The number of esters is 1. The lowest BCUT2D eigenvalue weighted by molar-refractivity contribution is -0.136. The Morgan fingerprint density at radius 1 is 1.22 bits per heavy atom. The van der Waals surface area contributed by atoms with E-state index in [0.29, 0.717) is 6.54 Å². The summed E-state index contributed by atoms with van der Waals surface area (Å²) < 4.78 is 32.1. The number of nitrogens with one attached hydrogen (secondary N) is 2. The Morgan fingerprint density at radius 3 is 2.30 bits per heavy atom. The topological polar surface area (TPSA) is 122 Å². The fraction of sp³-hybridized carbons (Fsp3) is 0.471. The molecule has 3 amide bonds. The first kappa shape index (κ1) is 20.8. The molecule has 1 heterocycles.